The van der Waals surface area contributed by atoms with Crippen LogP contribution in [0.3, 0.4) is 0 Å². The molecule has 0 N–H and O–H groups in total. The Balaban J connectivity index is 0.000000584. The molecule has 5 saturated heterocycles. The maximum atomic E-state index is 12.0. The minimum Gasteiger partial charge on any atom is -0.469 e. The lowest BCUT2D eigenvalue weighted by atomic mass is 10.0. The van der Waals surface area contributed by atoms with Gasteiger partial charge in [0.15, 0.2) is 0 Å². The number of ether oxygens (including phenoxy) is 5. The number of methoxy groups -OCH3 is 1. The van der Waals surface area contributed by atoms with Crippen LogP contribution in [0.5, 0.6) is 0 Å². The molecule has 5 aliphatic heterocycles. The van der Waals surface area contributed by atoms with Gasteiger partial charge in [0.2, 0.25) is 29.5 Å². The molecule has 5 aliphatic rings. The number of likely N-dealkylation sites (tertiary alicyclic amines) is 5. The van der Waals surface area contributed by atoms with Gasteiger partial charge in [0.1, 0.15) is 0 Å². The number of hydrogen-bond acceptors (Lipinski definition) is 15. The maximum Gasteiger partial charge on any atom is 0.311 e. The third-order valence-corrected chi connectivity index (χ3v) is 17.9. The number of hydrogen-bond donors (Lipinski definition) is 0. The van der Waals surface area contributed by atoms with Gasteiger partial charge in [-0.3, -0.25) is 47.9 Å². The molecule has 0 radical (unpaired) electrons. The van der Waals surface area contributed by atoms with Gasteiger partial charge in [-0.2, -0.15) is 0 Å². The van der Waals surface area contributed by atoms with Crippen molar-refractivity contribution in [2.75, 3.05) is 99.0 Å². The van der Waals surface area contributed by atoms with E-state index in [2.05, 4.69) is 74.0 Å². The van der Waals surface area contributed by atoms with Crippen LogP contribution in [-0.2, 0) is 71.6 Å². The highest BCUT2D eigenvalue weighted by Crippen LogP contribution is 2.25. The number of amides is 5. The fourth-order valence-electron chi connectivity index (χ4n) is 11.5. The van der Waals surface area contributed by atoms with E-state index >= 15 is 0 Å². The molecule has 5 heterocycles. The molecular weight excluding hydrogens is 1190 g/mol. The monoisotopic (exact) mass is 1320 g/mol. The van der Waals surface area contributed by atoms with E-state index in [0.29, 0.717) is 110 Å². The summed E-state index contributed by atoms with van der Waals surface area (Å²) in [5.41, 5.74) is 0. The van der Waals surface area contributed by atoms with Crippen molar-refractivity contribution < 1.29 is 71.6 Å². The zero-order chi connectivity index (χ0) is 69.3. The molecule has 0 aromatic carbocycles. The lowest BCUT2D eigenvalue weighted by Gasteiger charge is -2.17. The summed E-state index contributed by atoms with van der Waals surface area (Å²) in [6.07, 6.45) is 29.2. The molecule has 6 unspecified atom stereocenters. The van der Waals surface area contributed by atoms with Crippen molar-refractivity contribution in [1.82, 2.24) is 24.5 Å². The Hall–Kier alpha value is -5.30. The van der Waals surface area contributed by atoms with Gasteiger partial charge >= 0.3 is 29.8 Å². The zero-order valence-corrected chi connectivity index (χ0v) is 60.5. The fourth-order valence-corrected chi connectivity index (χ4v) is 11.5. The van der Waals surface area contributed by atoms with E-state index < -0.39 is 0 Å². The second-order valence-corrected chi connectivity index (χ2v) is 26.5. The molecular formula is C73H131N5O15. The van der Waals surface area contributed by atoms with Crippen LogP contribution in [-0.4, -0.2) is 183 Å². The average molecular weight is 1320 g/mol. The Morgan fingerprint density at radius 3 is 1.01 bits per heavy atom. The van der Waals surface area contributed by atoms with E-state index in [1.54, 1.807) is 14.7 Å². The summed E-state index contributed by atoms with van der Waals surface area (Å²) in [5, 5.41) is 0. The number of rotatable bonds is 41. The first-order valence-electron chi connectivity index (χ1n) is 36.9. The van der Waals surface area contributed by atoms with E-state index in [9.17, 15) is 47.9 Å². The summed E-state index contributed by atoms with van der Waals surface area (Å²) >= 11 is 0. The predicted molar refractivity (Wildman–Crippen MR) is 364 cm³/mol. The summed E-state index contributed by atoms with van der Waals surface area (Å²) < 4.78 is 25.7. The third kappa shape index (κ3) is 37.0. The number of esters is 5. The van der Waals surface area contributed by atoms with Crippen molar-refractivity contribution >= 4 is 59.4 Å². The average Bonchev–Trinajstić information content (AvgIpc) is 2.04. The molecule has 6 atom stereocenters. The van der Waals surface area contributed by atoms with Gasteiger partial charge in [-0.15, -0.1) is 0 Å². The molecule has 0 aliphatic carbocycles. The van der Waals surface area contributed by atoms with Crippen LogP contribution in [0.1, 0.15) is 269 Å². The molecule has 93 heavy (non-hydrogen) atoms. The van der Waals surface area contributed by atoms with Crippen LogP contribution in [0.25, 0.3) is 0 Å². The first-order valence-corrected chi connectivity index (χ1v) is 36.9. The largest absolute Gasteiger partial charge is 0.469 e. The second-order valence-electron chi connectivity index (χ2n) is 26.5. The molecule has 5 fully saturated rings. The Kier molecular flexibility index (Phi) is 48.8. The molecule has 20 heteroatoms. The molecule has 0 bridgehead atoms. The Morgan fingerprint density at radius 2 is 0.656 bits per heavy atom. The fraction of sp³-hybridized carbons (Fsp3) is 0.863. The van der Waals surface area contributed by atoms with Gasteiger partial charge in [-0.25, -0.2) is 0 Å². The minimum absolute atomic E-state index is 0.0717. The highest BCUT2D eigenvalue weighted by molar-refractivity contribution is 5.89. The lowest BCUT2D eigenvalue weighted by molar-refractivity contribution is -0.150. The van der Waals surface area contributed by atoms with E-state index in [1.165, 1.54) is 58.5 Å². The number of carbonyl (C=O) groups is 10. The van der Waals surface area contributed by atoms with Gasteiger partial charge in [0, 0.05) is 97.6 Å². The summed E-state index contributed by atoms with van der Waals surface area (Å²) in [6, 6.07) is 0. The topological polar surface area (TPSA) is 233 Å². The SMILES string of the molecule is CCCCC(CC)COC(=O)C1CC(=O)N(CC)C1.CCCCCCCCOC(=O)C1CC(=O)N(CCCCC)C1.CCCCCCN1CC(C(=O)OCCCC)CC1=O.CCCCCN1CC(C(=O)OC)CC1=O.CCCCOC(=O)C1CC(=O)N(CCC(C)C)C1. The van der Waals surface area contributed by atoms with E-state index in [-0.39, 0.29) is 89.0 Å². The van der Waals surface area contributed by atoms with Gasteiger partial charge in [0.25, 0.3) is 0 Å². The quantitative estimate of drug-likeness (QED) is 0.0314. The number of unbranched alkanes of at least 4 members (excludes halogenated alkanes) is 15. The van der Waals surface area contributed by atoms with Crippen molar-refractivity contribution in [1.29, 1.82) is 0 Å². The van der Waals surface area contributed by atoms with Crippen LogP contribution in [0, 0.1) is 41.4 Å². The van der Waals surface area contributed by atoms with Gasteiger partial charge in [-0.1, -0.05) is 178 Å². The Morgan fingerprint density at radius 1 is 0.355 bits per heavy atom. The first kappa shape index (κ1) is 85.7. The van der Waals surface area contributed by atoms with Crippen molar-refractivity contribution in [2.45, 2.75) is 269 Å². The second kappa shape index (κ2) is 52.9. The molecule has 0 aromatic heterocycles. The third-order valence-electron chi connectivity index (χ3n) is 17.9. The van der Waals surface area contributed by atoms with E-state index in [4.69, 9.17) is 18.9 Å². The minimum atomic E-state index is -0.263. The number of nitrogens with zero attached hydrogens (tertiary/aromatic N) is 5. The molecule has 5 amide bonds. The Labute approximate surface area is 562 Å². The van der Waals surface area contributed by atoms with E-state index in [0.717, 1.165) is 135 Å². The summed E-state index contributed by atoms with van der Waals surface area (Å²) in [5.74, 6) is -0.769. The summed E-state index contributed by atoms with van der Waals surface area (Å²) in [6.45, 7) is 31.7. The van der Waals surface area contributed by atoms with Crippen molar-refractivity contribution in [3.05, 3.63) is 0 Å². The van der Waals surface area contributed by atoms with Crippen molar-refractivity contribution in [3.8, 4) is 0 Å². The molecule has 0 saturated carbocycles. The van der Waals surface area contributed by atoms with Crippen LogP contribution in [0.15, 0.2) is 0 Å². The van der Waals surface area contributed by atoms with Crippen LogP contribution < -0.4 is 0 Å². The molecule has 0 spiro atoms. The van der Waals surface area contributed by atoms with E-state index in [1.807, 2.05) is 16.7 Å². The summed E-state index contributed by atoms with van der Waals surface area (Å²) in [4.78, 5) is 126. The zero-order valence-electron chi connectivity index (χ0n) is 60.5. The van der Waals surface area contributed by atoms with Crippen molar-refractivity contribution in [2.24, 2.45) is 41.4 Å². The molecule has 20 nitrogen and oxygen atoms in total. The van der Waals surface area contributed by atoms with Gasteiger partial charge < -0.3 is 48.2 Å². The predicted octanol–water partition coefficient (Wildman–Crippen LogP) is 12.7. The molecule has 5 rings (SSSR count). The van der Waals surface area contributed by atoms with Crippen LogP contribution in [0.4, 0.5) is 0 Å². The number of carbonyl (C=O) groups excluding carboxylic acids is 10. The highest BCUT2D eigenvalue weighted by Gasteiger charge is 2.39. The van der Waals surface area contributed by atoms with Gasteiger partial charge in [0.05, 0.1) is 63.1 Å². The lowest BCUT2D eigenvalue weighted by Crippen LogP contribution is -2.28. The van der Waals surface area contributed by atoms with Gasteiger partial charge in [-0.05, 0) is 70.1 Å². The maximum absolute atomic E-state index is 12.0. The smallest absolute Gasteiger partial charge is 0.311 e. The van der Waals surface area contributed by atoms with Crippen LogP contribution in [0.2, 0.25) is 0 Å². The first-order chi connectivity index (χ1) is 44.7. The normalized spacial score (nSPS) is 19.5. The molecule has 538 valence electrons. The van der Waals surface area contributed by atoms with Crippen LogP contribution >= 0.6 is 0 Å². The standard InChI is InChI=1S/C18H33NO3.2C15H27NO3.C14H25NO3.C11H19NO3/c1-3-5-7-8-9-11-13-22-18(21)16-14-17(20)19(15-16)12-10-6-4-2;1-4-7-8-12(5-2)11-19-15(18)13-9-14(17)16(6-3)10-13;1-3-5-7-8-9-16-12-13(11-14(16)17)15(18)19-10-6-4-2;1-4-5-8-18-14(17)12-9-13(16)15(10-12)7-6-11(2)3;1-3-4-5-6-12-8-9(7-10(12)13)11(14)15-2/h16H,3-15H2,1-2H3;12-13H,4-11H2,1-3H3;13H,3-12H2,1-2H3;11-12H,4-10H2,1-3H3;9H,3-8H2,1-2H3. The highest BCUT2D eigenvalue weighted by atomic mass is 16.5. The van der Waals surface area contributed by atoms with Crippen molar-refractivity contribution in [3.63, 3.8) is 0 Å². The molecule has 0 aromatic rings. The Bertz CT molecular complexity index is 2130. The summed E-state index contributed by atoms with van der Waals surface area (Å²) in [7, 11) is 1.37.